The standard InChI is InChI=1S/C23H20FN7OS/c1-4-11-30-20(15-7-5-6-8-17(15)24)26-28-23(30)33-13-19-25-27-22-29(3)21(32)16-12-14(2)9-10-18(16)31(19)22/h4-10,12H,1,11,13H2,2-3H3. The van der Waals surface area contributed by atoms with Gasteiger partial charge in [-0.2, -0.15) is 0 Å². The van der Waals surface area contributed by atoms with Crippen LogP contribution in [0.2, 0.25) is 0 Å². The van der Waals surface area contributed by atoms with Crippen molar-refractivity contribution in [1.82, 2.24) is 33.9 Å². The first kappa shape index (κ1) is 21.1. The van der Waals surface area contributed by atoms with Gasteiger partial charge in [-0.3, -0.25) is 18.3 Å². The Hall–Kier alpha value is -3.79. The van der Waals surface area contributed by atoms with Gasteiger partial charge in [0, 0.05) is 13.6 Å². The predicted octanol–water partition coefficient (Wildman–Crippen LogP) is 3.77. The van der Waals surface area contributed by atoms with Gasteiger partial charge >= 0.3 is 0 Å². The van der Waals surface area contributed by atoms with Crippen molar-refractivity contribution in [3.63, 3.8) is 0 Å². The zero-order chi connectivity index (χ0) is 23.1. The third kappa shape index (κ3) is 3.52. The highest BCUT2D eigenvalue weighted by molar-refractivity contribution is 7.98. The predicted molar refractivity (Wildman–Crippen MR) is 126 cm³/mol. The summed E-state index contributed by atoms with van der Waals surface area (Å²) in [6, 6.07) is 12.2. The van der Waals surface area contributed by atoms with Gasteiger partial charge in [0.2, 0.25) is 5.78 Å². The lowest BCUT2D eigenvalue weighted by atomic mass is 10.1. The van der Waals surface area contributed by atoms with Crippen molar-refractivity contribution >= 4 is 28.4 Å². The van der Waals surface area contributed by atoms with Crippen molar-refractivity contribution in [1.29, 1.82) is 0 Å². The third-order valence-electron chi connectivity index (χ3n) is 5.41. The van der Waals surface area contributed by atoms with Gasteiger partial charge in [0.25, 0.3) is 5.56 Å². The van der Waals surface area contributed by atoms with Gasteiger partial charge in [0.1, 0.15) is 11.6 Å². The Bertz CT molecular complexity index is 1580. The second-order valence-corrected chi connectivity index (χ2v) is 8.55. The molecular formula is C23H20FN7OS. The smallest absolute Gasteiger partial charge is 0.262 e. The molecule has 0 aliphatic carbocycles. The molecule has 0 saturated heterocycles. The van der Waals surface area contributed by atoms with Crippen molar-refractivity contribution in [2.45, 2.75) is 24.4 Å². The van der Waals surface area contributed by atoms with Gasteiger partial charge in [0.15, 0.2) is 11.0 Å². The van der Waals surface area contributed by atoms with E-state index in [1.807, 2.05) is 34.1 Å². The fraction of sp³-hybridized carbons (Fsp3) is 0.174. The second-order valence-electron chi connectivity index (χ2n) is 7.61. The van der Waals surface area contributed by atoms with Crippen LogP contribution in [0.25, 0.3) is 28.1 Å². The number of fused-ring (bicyclic) bond motifs is 3. The van der Waals surface area contributed by atoms with E-state index in [4.69, 9.17) is 0 Å². The summed E-state index contributed by atoms with van der Waals surface area (Å²) in [7, 11) is 1.69. The van der Waals surface area contributed by atoms with Crippen LogP contribution >= 0.6 is 11.8 Å². The Labute approximate surface area is 192 Å². The number of benzene rings is 2. The monoisotopic (exact) mass is 461 g/mol. The molecule has 3 heterocycles. The molecule has 2 aromatic carbocycles. The molecule has 33 heavy (non-hydrogen) atoms. The Kier molecular flexibility index (Phi) is 5.29. The summed E-state index contributed by atoms with van der Waals surface area (Å²) in [5.74, 6) is 1.63. The van der Waals surface area contributed by atoms with Crippen LogP contribution < -0.4 is 5.56 Å². The average molecular weight is 462 g/mol. The molecule has 5 rings (SSSR count). The Morgan fingerprint density at radius 2 is 1.94 bits per heavy atom. The first-order valence-electron chi connectivity index (χ1n) is 10.2. The van der Waals surface area contributed by atoms with Gasteiger partial charge < -0.3 is 0 Å². The van der Waals surface area contributed by atoms with E-state index in [9.17, 15) is 9.18 Å². The third-order valence-corrected chi connectivity index (χ3v) is 6.38. The van der Waals surface area contributed by atoms with Crippen molar-refractivity contribution in [3.8, 4) is 11.4 Å². The van der Waals surface area contributed by atoms with Crippen molar-refractivity contribution < 1.29 is 4.39 Å². The van der Waals surface area contributed by atoms with E-state index in [2.05, 4.69) is 27.0 Å². The van der Waals surface area contributed by atoms with Gasteiger partial charge in [-0.1, -0.05) is 41.6 Å². The quantitative estimate of drug-likeness (QED) is 0.283. The average Bonchev–Trinajstić information content (AvgIpc) is 3.41. The van der Waals surface area contributed by atoms with Crippen molar-refractivity contribution in [2.24, 2.45) is 7.05 Å². The number of halogens is 1. The van der Waals surface area contributed by atoms with Crippen LogP contribution in [0.5, 0.6) is 0 Å². The minimum Gasteiger partial charge on any atom is -0.298 e. The maximum absolute atomic E-state index is 14.4. The maximum Gasteiger partial charge on any atom is 0.262 e. The molecule has 0 saturated carbocycles. The van der Waals surface area contributed by atoms with E-state index in [0.717, 1.165) is 11.1 Å². The first-order chi connectivity index (χ1) is 16.0. The molecular weight excluding hydrogens is 441 g/mol. The highest BCUT2D eigenvalue weighted by atomic mass is 32.2. The highest BCUT2D eigenvalue weighted by Crippen LogP contribution is 2.28. The molecule has 0 spiro atoms. The van der Waals surface area contributed by atoms with Crippen LogP contribution in [-0.4, -0.2) is 33.9 Å². The van der Waals surface area contributed by atoms with Crippen LogP contribution in [-0.2, 0) is 19.3 Å². The van der Waals surface area contributed by atoms with Crippen molar-refractivity contribution in [3.05, 3.63) is 82.7 Å². The highest BCUT2D eigenvalue weighted by Gasteiger charge is 2.19. The molecule has 0 N–H and O–H groups in total. The summed E-state index contributed by atoms with van der Waals surface area (Å²) in [5.41, 5.74) is 2.01. The summed E-state index contributed by atoms with van der Waals surface area (Å²) in [5, 5.41) is 18.3. The molecule has 0 fully saturated rings. The Morgan fingerprint density at radius 3 is 2.73 bits per heavy atom. The number of allylic oxidation sites excluding steroid dienone is 1. The van der Waals surface area contributed by atoms with Gasteiger partial charge in [-0.05, 0) is 31.2 Å². The number of hydrogen-bond acceptors (Lipinski definition) is 6. The fourth-order valence-corrected chi connectivity index (χ4v) is 4.67. The van der Waals surface area contributed by atoms with Crippen LogP contribution in [0.4, 0.5) is 4.39 Å². The van der Waals surface area contributed by atoms with Crippen LogP contribution in [0.1, 0.15) is 11.4 Å². The minimum atomic E-state index is -0.363. The summed E-state index contributed by atoms with van der Waals surface area (Å²) < 4.78 is 19.6. The molecule has 0 radical (unpaired) electrons. The molecule has 166 valence electrons. The Balaban J connectivity index is 1.56. The molecule has 0 amide bonds. The molecule has 3 aromatic heterocycles. The molecule has 10 heteroatoms. The first-order valence-corrected chi connectivity index (χ1v) is 11.2. The minimum absolute atomic E-state index is 0.118. The topological polar surface area (TPSA) is 82.9 Å². The molecule has 5 aromatic rings. The van der Waals surface area contributed by atoms with Gasteiger partial charge in [-0.15, -0.1) is 27.0 Å². The molecule has 0 bridgehead atoms. The van der Waals surface area contributed by atoms with Gasteiger partial charge in [0.05, 0.1) is 22.2 Å². The number of thioether (sulfide) groups is 1. The fourth-order valence-electron chi connectivity index (χ4n) is 3.81. The summed E-state index contributed by atoms with van der Waals surface area (Å²) in [6.07, 6.45) is 1.72. The zero-order valence-corrected chi connectivity index (χ0v) is 18.9. The van der Waals surface area contributed by atoms with Crippen LogP contribution in [0.15, 0.2) is 65.1 Å². The van der Waals surface area contributed by atoms with E-state index in [1.165, 1.54) is 22.4 Å². The summed E-state index contributed by atoms with van der Waals surface area (Å²) in [4.78, 5) is 12.8. The summed E-state index contributed by atoms with van der Waals surface area (Å²) in [6.45, 7) is 6.18. The van der Waals surface area contributed by atoms with Crippen molar-refractivity contribution in [2.75, 3.05) is 0 Å². The zero-order valence-electron chi connectivity index (χ0n) is 18.1. The van der Waals surface area contributed by atoms with E-state index >= 15 is 0 Å². The molecule has 0 aliphatic rings. The molecule has 8 nitrogen and oxygen atoms in total. The largest absolute Gasteiger partial charge is 0.298 e. The number of rotatable bonds is 6. The lowest BCUT2D eigenvalue weighted by molar-refractivity contribution is 0.626. The Morgan fingerprint density at radius 1 is 1.12 bits per heavy atom. The van der Waals surface area contributed by atoms with Crippen LogP contribution in [0.3, 0.4) is 0 Å². The maximum atomic E-state index is 14.4. The number of nitrogens with zero attached hydrogens (tertiary/aromatic N) is 7. The molecule has 0 unspecified atom stereocenters. The van der Waals surface area contributed by atoms with E-state index in [-0.39, 0.29) is 11.4 Å². The SMILES string of the molecule is C=CCn1c(SCc2nnc3n(C)c(=O)c4cc(C)ccc4n23)nnc1-c1ccccc1F. The van der Waals surface area contributed by atoms with E-state index in [1.54, 1.807) is 31.3 Å². The lowest BCUT2D eigenvalue weighted by Crippen LogP contribution is -2.20. The second kappa shape index (κ2) is 8.28. The number of hydrogen-bond donors (Lipinski definition) is 0. The van der Waals surface area contributed by atoms with E-state index in [0.29, 0.717) is 45.8 Å². The molecule has 0 atom stereocenters. The number of aromatic nitrogens is 7. The van der Waals surface area contributed by atoms with Crippen LogP contribution in [0, 0.1) is 12.7 Å². The normalized spacial score (nSPS) is 11.5. The number of aryl methyl sites for hydroxylation is 2. The summed E-state index contributed by atoms with van der Waals surface area (Å²) >= 11 is 1.41. The van der Waals surface area contributed by atoms with E-state index < -0.39 is 0 Å². The van der Waals surface area contributed by atoms with Gasteiger partial charge in [-0.25, -0.2) is 4.39 Å². The molecule has 0 aliphatic heterocycles. The lowest BCUT2D eigenvalue weighted by Gasteiger charge is -2.09.